The van der Waals surface area contributed by atoms with Gasteiger partial charge in [-0.1, -0.05) is 35.9 Å². The van der Waals surface area contributed by atoms with Crippen LogP contribution in [0.15, 0.2) is 54.6 Å². The van der Waals surface area contributed by atoms with E-state index in [1.165, 1.54) is 14.2 Å². The number of esters is 1. The number of nitrogens with zero attached hydrogens (tertiary/aromatic N) is 2. The summed E-state index contributed by atoms with van der Waals surface area (Å²) in [7, 11) is 2.70. The van der Waals surface area contributed by atoms with E-state index in [-0.39, 0.29) is 23.9 Å². The highest BCUT2D eigenvalue weighted by Crippen LogP contribution is 2.28. The molecule has 0 unspecified atom stereocenters. The normalized spacial score (nSPS) is 10.8. The zero-order chi connectivity index (χ0) is 22.0. The van der Waals surface area contributed by atoms with Crippen molar-refractivity contribution in [2.45, 2.75) is 6.54 Å². The molecule has 1 amide bonds. The Balaban J connectivity index is 1.65. The summed E-state index contributed by atoms with van der Waals surface area (Å²) in [6, 6.07) is 16.1. The van der Waals surface area contributed by atoms with E-state index in [1.54, 1.807) is 24.3 Å². The van der Waals surface area contributed by atoms with E-state index in [4.69, 9.17) is 21.1 Å². The first-order chi connectivity index (χ1) is 15.0. The van der Waals surface area contributed by atoms with E-state index in [1.807, 2.05) is 30.3 Å². The number of carbonyl (C=O) groups excluding carboxylic acids is 2. The zero-order valence-corrected chi connectivity index (χ0v) is 17.6. The Morgan fingerprint density at radius 1 is 1.00 bits per heavy atom. The fraction of sp³-hybridized carbons (Fsp3) is 0.130. The lowest BCUT2D eigenvalue weighted by Crippen LogP contribution is -2.24. The summed E-state index contributed by atoms with van der Waals surface area (Å²) in [6.07, 6.45) is 0. The first-order valence-electron chi connectivity index (χ1n) is 9.39. The summed E-state index contributed by atoms with van der Waals surface area (Å²) < 4.78 is 10.0. The molecule has 2 heterocycles. The number of rotatable bonds is 5. The van der Waals surface area contributed by atoms with Crippen molar-refractivity contribution < 1.29 is 19.1 Å². The molecule has 0 spiro atoms. The number of fused-ring (bicyclic) bond motifs is 2. The van der Waals surface area contributed by atoms with Crippen molar-refractivity contribution in [3.8, 4) is 5.88 Å². The number of halogens is 1. The monoisotopic (exact) mass is 435 g/mol. The largest absolute Gasteiger partial charge is 0.480 e. The molecule has 4 rings (SSSR count). The van der Waals surface area contributed by atoms with Gasteiger partial charge in [-0.2, -0.15) is 0 Å². The number of methoxy groups -OCH3 is 2. The maximum Gasteiger partial charge on any atom is 0.343 e. The number of hydrogen-bond acceptors (Lipinski definition) is 6. The summed E-state index contributed by atoms with van der Waals surface area (Å²) >= 11 is 6.26. The molecule has 31 heavy (non-hydrogen) atoms. The third-order valence-electron chi connectivity index (χ3n) is 4.80. The number of carbonyl (C=O) groups is 2. The van der Waals surface area contributed by atoms with Crippen LogP contribution in [-0.4, -0.2) is 36.1 Å². The van der Waals surface area contributed by atoms with E-state index in [0.29, 0.717) is 27.2 Å². The van der Waals surface area contributed by atoms with Gasteiger partial charge in [-0.25, -0.2) is 14.8 Å². The molecule has 0 radical (unpaired) electrons. The van der Waals surface area contributed by atoms with Crippen molar-refractivity contribution in [1.29, 1.82) is 0 Å². The van der Waals surface area contributed by atoms with Gasteiger partial charge in [0.2, 0.25) is 5.88 Å². The van der Waals surface area contributed by atoms with E-state index >= 15 is 0 Å². The number of pyridine rings is 2. The minimum absolute atomic E-state index is 0.130. The average molecular weight is 436 g/mol. The SMILES string of the molecule is COC(=O)c1cc2cc(Cl)cc(CNC(=O)c3ccc4ccccc4n3)c2nc1OC. The lowest BCUT2D eigenvalue weighted by Gasteiger charge is -2.12. The minimum atomic E-state index is -0.566. The summed E-state index contributed by atoms with van der Waals surface area (Å²) in [5.41, 5.74) is 2.47. The number of aromatic nitrogens is 2. The molecule has 2 aromatic carbocycles. The Bertz CT molecular complexity index is 1320. The average Bonchev–Trinajstić information content (AvgIpc) is 2.80. The van der Waals surface area contributed by atoms with Crippen LogP contribution in [0.1, 0.15) is 26.4 Å². The van der Waals surface area contributed by atoms with Gasteiger partial charge in [0, 0.05) is 22.3 Å². The lowest BCUT2D eigenvalue weighted by atomic mass is 10.1. The minimum Gasteiger partial charge on any atom is -0.480 e. The standard InChI is InChI=1S/C23H18ClN3O4/c1-30-22-17(23(29)31-2)11-14-9-16(24)10-15(20(14)27-22)12-25-21(28)19-8-7-13-5-3-4-6-18(13)26-19/h3-11H,12H2,1-2H3,(H,25,28). The molecular weight excluding hydrogens is 418 g/mol. The lowest BCUT2D eigenvalue weighted by molar-refractivity contribution is 0.0596. The van der Waals surface area contributed by atoms with Gasteiger partial charge < -0.3 is 14.8 Å². The predicted molar refractivity (Wildman–Crippen MR) is 118 cm³/mol. The van der Waals surface area contributed by atoms with Crippen molar-refractivity contribution >= 4 is 45.3 Å². The van der Waals surface area contributed by atoms with Crippen LogP contribution in [0.4, 0.5) is 0 Å². The molecule has 0 aliphatic heterocycles. The van der Waals surface area contributed by atoms with Crippen LogP contribution in [0.3, 0.4) is 0 Å². The maximum atomic E-state index is 12.7. The molecule has 0 saturated heterocycles. The smallest absolute Gasteiger partial charge is 0.343 e. The number of para-hydroxylation sites is 1. The maximum absolute atomic E-state index is 12.7. The van der Waals surface area contributed by atoms with Gasteiger partial charge in [0.25, 0.3) is 5.91 Å². The van der Waals surface area contributed by atoms with Crippen molar-refractivity contribution in [2.24, 2.45) is 0 Å². The van der Waals surface area contributed by atoms with Gasteiger partial charge >= 0.3 is 5.97 Å². The number of nitrogens with one attached hydrogen (secondary N) is 1. The zero-order valence-electron chi connectivity index (χ0n) is 16.8. The fourth-order valence-electron chi connectivity index (χ4n) is 3.31. The summed E-state index contributed by atoms with van der Waals surface area (Å²) in [6.45, 7) is 0.165. The van der Waals surface area contributed by atoms with Crippen LogP contribution in [0.5, 0.6) is 5.88 Å². The van der Waals surface area contributed by atoms with Gasteiger partial charge in [0.1, 0.15) is 11.3 Å². The van der Waals surface area contributed by atoms with Crippen molar-refractivity contribution in [3.63, 3.8) is 0 Å². The highest BCUT2D eigenvalue weighted by atomic mass is 35.5. The second kappa shape index (κ2) is 8.57. The second-order valence-corrected chi connectivity index (χ2v) is 7.18. The topological polar surface area (TPSA) is 90.4 Å². The van der Waals surface area contributed by atoms with E-state index in [2.05, 4.69) is 15.3 Å². The van der Waals surface area contributed by atoms with E-state index in [0.717, 1.165) is 10.9 Å². The quantitative estimate of drug-likeness (QED) is 0.473. The molecule has 0 fully saturated rings. The molecule has 0 aliphatic rings. The number of hydrogen-bond donors (Lipinski definition) is 1. The Morgan fingerprint density at radius 3 is 2.58 bits per heavy atom. The number of ether oxygens (including phenoxy) is 2. The molecule has 0 aliphatic carbocycles. The molecule has 0 atom stereocenters. The van der Waals surface area contributed by atoms with E-state index < -0.39 is 5.97 Å². The number of benzene rings is 2. The van der Waals surface area contributed by atoms with Gasteiger partial charge in [0.05, 0.1) is 25.3 Å². The molecule has 0 bridgehead atoms. The van der Waals surface area contributed by atoms with E-state index in [9.17, 15) is 9.59 Å². The van der Waals surface area contributed by atoms with Gasteiger partial charge in [0.15, 0.2) is 0 Å². The first kappa shape index (κ1) is 20.6. The van der Waals surface area contributed by atoms with Crippen molar-refractivity contribution in [2.75, 3.05) is 14.2 Å². The third kappa shape index (κ3) is 4.13. The Kier molecular flexibility index (Phi) is 5.68. The molecule has 7 nitrogen and oxygen atoms in total. The van der Waals surface area contributed by atoms with Gasteiger partial charge in [-0.15, -0.1) is 0 Å². The Hall–Kier alpha value is -3.71. The van der Waals surface area contributed by atoms with Crippen LogP contribution in [0, 0.1) is 0 Å². The van der Waals surface area contributed by atoms with Crippen LogP contribution in [0.25, 0.3) is 21.8 Å². The Morgan fingerprint density at radius 2 is 1.81 bits per heavy atom. The summed E-state index contributed by atoms with van der Waals surface area (Å²) in [4.78, 5) is 33.6. The van der Waals surface area contributed by atoms with Crippen LogP contribution in [-0.2, 0) is 11.3 Å². The molecule has 4 aromatic rings. The van der Waals surface area contributed by atoms with Crippen LogP contribution < -0.4 is 10.1 Å². The van der Waals surface area contributed by atoms with Gasteiger partial charge in [-0.05, 0) is 35.9 Å². The fourth-order valence-corrected chi connectivity index (χ4v) is 3.56. The summed E-state index contributed by atoms with van der Waals surface area (Å²) in [5.74, 6) is -0.758. The van der Waals surface area contributed by atoms with Crippen molar-refractivity contribution in [3.05, 3.63) is 76.4 Å². The molecule has 1 N–H and O–H groups in total. The molecule has 8 heteroatoms. The first-order valence-corrected chi connectivity index (χ1v) is 9.77. The molecule has 2 aromatic heterocycles. The third-order valence-corrected chi connectivity index (χ3v) is 5.01. The summed E-state index contributed by atoms with van der Waals surface area (Å²) in [5, 5.41) is 4.88. The van der Waals surface area contributed by atoms with Gasteiger partial charge in [-0.3, -0.25) is 4.79 Å². The van der Waals surface area contributed by atoms with Crippen LogP contribution >= 0.6 is 11.6 Å². The molecule has 0 saturated carbocycles. The highest BCUT2D eigenvalue weighted by molar-refractivity contribution is 6.31. The Labute approximate surface area is 183 Å². The predicted octanol–water partition coefficient (Wildman–Crippen LogP) is 4.16. The highest BCUT2D eigenvalue weighted by Gasteiger charge is 2.18. The molecule has 156 valence electrons. The van der Waals surface area contributed by atoms with Crippen molar-refractivity contribution in [1.82, 2.24) is 15.3 Å². The van der Waals surface area contributed by atoms with Crippen LogP contribution in [0.2, 0.25) is 5.02 Å². The molecular formula is C23H18ClN3O4. The second-order valence-electron chi connectivity index (χ2n) is 6.75. The number of amides is 1.